The van der Waals surface area contributed by atoms with Crippen LogP contribution in [0.25, 0.3) is 4.72 Å². The molecular weight excluding hydrogens is 363 g/mol. The van der Waals surface area contributed by atoms with E-state index in [1.807, 2.05) is 13.8 Å². The van der Waals surface area contributed by atoms with Crippen LogP contribution < -0.4 is 34.5 Å². The third kappa shape index (κ3) is 3.92. The summed E-state index contributed by atoms with van der Waals surface area (Å²) >= 11 is 0. The van der Waals surface area contributed by atoms with E-state index >= 15 is 0 Å². The Labute approximate surface area is 174 Å². The van der Waals surface area contributed by atoms with Crippen LogP contribution in [-0.2, 0) is 10.0 Å². The average Bonchev–Trinajstić information content (AvgIpc) is 2.85. The standard InChI is InChI=1S/C18H17N2O4S.Na/c1-12(2)11-19-25(23,24)14-9-7-13(8-10-14)20-17(21)15-5-3-4-6-16(15)18(20)22;/h3-10,12H,11H2,1-2H3;/q-1;+1. The Balaban J connectivity index is 0.00000243. The smallest absolute Gasteiger partial charge is 0.544 e. The number of carbonyl (C=O) groups excluding carboxylic acids is 2. The summed E-state index contributed by atoms with van der Waals surface area (Å²) in [5.41, 5.74) is 1.02. The maximum atomic E-state index is 12.4. The summed E-state index contributed by atoms with van der Waals surface area (Å²) in [4.78, 5) is 26.0. The Morgan fingerprint density at radius 1 is 0.923 bits per heavy atom. The Kier molecular flexibility index (Phi) is 6.42. The van der Waals surface area contributed by atoms with Gasteiger partial charge in [0.2, 0.25) is 0 Å². The molecular formula is C18H17N2NaO4S. The molecule has 1 aliphatic heterocycles. The first-order valence-electron chi connectivity index (χ1n) is 7.83. The summed E-state index contributed by atoms with van der Waals surface area (Å²) in [5.74, 6) is -0.700. The minimum Gasteiger partial charge on any atom is -0.544 e. The van der Waals surface area contributed by atoms with Crippen LogP contribution in [0.15, 0.2) is 53.4 Å². The maximum absolute atomic E-state index is 12.4. The van der Waals surface area contributed by atoms with Crippen molar-refractivity contribution in [2.24, 2.45) is 5.92 Å². The van der Waals surface area contributed by atoms with Crippen LogP contribution in [0.2, 0.25) is 0 Å². The van der Waals surface area contributed by atoms with Gasteiger partial charge in [-0.05, 0) is 36.4 Å². The van der Waals surface area contributed by atoms with Crippen molar-refractivity contribution >= 4 is 27.5 Å². The molecule has 130 valence electrons. The molecule has 0 unspecified atom stereocenters. The second-order valence-electron chi connectivity index (χ2n) is 6.17. The van der Waals surface area contributed by atoms with Crippen molar-refractivity contribution in [1.29, 1.82) is 0 Å². The molecule has 0 N–H and O–H groups in total. The number of rotatable bonds is 5. The van der Waals surface area contributed by atoms with Gasteiger partial charge in [-0.1, -0.05) is 31.9 Å². The van der Waals surface area contributed by atoms with Crippen LogP contribution in [0.1, 0.15) is 34.6 Å². The molecule has 2 aromatic carbocycles. The molecule has 0 saturated heterocycles. The second kappa shape index (κ2) is 8.02. The Hall–Kier alpha value is -1.51. The fourth-order valence-corrected chi connectivity index (χ4v) is 3.64. The van der Waals surface area contributed by atoms with Crippen molar-refractivity contribution < 1.29 is 47.6 Å². The second-order valence-corrected chi connectivity index (χ2v) is 7.85. The molecule has 1 heterocycles. The number of fused-ring (bicyclic) bond motifs is 1. The van der Waals surface area contributed by atoms with Gasteiger partial charge in [-0.2, -0.15) is 0 Å². The van der Waals surface area contributed by atoms with E-state index in [1.165, 1.54) is 24.3 Å². The van der Waals surface area contributed by atoms with Gasteiger partial charge < -0.3 is 4.72 Å². The van der Waals surface area contributed by atoms with E-state index in [0.717, 1.165) is 4.90 Å². The zero-order chi connectivity index (χ0) is 18.2. The normalized spacial score (nSPS) is 13.7. The fraction of sp³-hybridized carbons (Fsp3) is 0.222. The van der Waals surface area contributed by atoms with Crippen LogP contribution in [0.4, 0.5) is 5.69 Å². The summed E-state index contributed by atoms with van der Waals surface area (Å²) in [6, 6.07) is 12.2. The largest absolute Gasteiger partial charge is 1.00 e. The van der Waals surface area contributed by atoms with Crippen molar-refractivity contribution in [3.8, 4) is 0 Å². The molecule has 3 rings (SSSR count). The predicted octanol–water partition coefficient (Wildman–Crippen LogP) is 0.210. The molecule has 26 heavy (non-hydrogen) atoms. The number of anilines is 1. The Morgan fingerprint density at radius 2 is 1.42 bits per heavy atom. The Morgan fingerprint density at radius 3 is 1.88 bits per heavy atom. The molecule has 0 atom stereocenters. The van der Waals surface area contributed by atoms with Crippen molar-refractivity contribution in [2.45, 2.75) is 18.7 Å². The van der Waals surface area contributed by atoms with Gasteiger partial charge in [0.05, 0.1) is 16.8 Å². The van der Waals surface area contributed by atoms with Gasteiger partial charge >= 0.3 is 29.6 Å². The number of amides is 2. The van der Waals surface area contributed by atoms with Crippen LogP contribution in [0.3, 0.4) is 0 Å². The molecule has 2 aromatic rings. The van der Waals surface area contributed by atoms with E-state index in [0.29, 0.717) is 16.8 Å². The molecule has 0 aromatic heterocycles. The van der Waals surface area contributed by atoms with Crippen LogP contribution in [0.5, 0.6) is 0 Å². The van der Waals surface area contributed by atoms with E-state index in [1.54, 1.807) is 24.3 Å². The zero-order valence-corrected chi connectivity index (χ0v) is 17.7. The third-order valence-corrected chi connectivity index (χ3v) is 5.15. The number of hydrogen-bond acceptors (Lipinski definition) is 4. The number of nitrogens with zero attached hydrogens (tertiary/aromatic N) is 2. The minimum absolute atomic E-state index is 0. The third-order valence-electron chi connectivity index (χ3n) is 3.80. The number of benzene rings is 2. The van der Waals surface area contributed by atoms with E-state index < -0.39 is 21.8 Å². The van der Waals surface area contributed by atoms with Crippen molar-refractivity contribution in [1.82, 2.24) is 0 Å². The first-order chi connectivity index (χ1) is 11.8. The SMILES string of the molecule is CC(C)C[N-]S(=O)(=O)c1ccc(N2C(=O)c3ccccc3C2=O)cc1.[Na+]. The molecule has 0 radical (unpaired) electrons. The number of hydrogen-bond donors (Lipinski definition) is 0. The van der Waals surface area contributed by atoms with Crippen LogP contribution in [0, 0.1) is 5.92 Å². The molecule has 0 fully saturated rings. The van der Waals surface area contributed by atoms with E-state index in [4.69, 9.17) is 0 Å². The maximum Gasteiger partial charge on any atom is 1.00 e. The Bertz CT molecular complexity index is 905. The molecule has 6 nitrogen and oxygen atoms in total. The van der Waals surface area contributed by atoms with Crippen LogP contribution in [-0.4, -0.2) is 26.8 Å². The molecule has 0 saturated carbocycles. The average molecular weight is 380 g/mol. The molecule has 0 bridgehead atoms. The minimum atomic E-state index is -3.74. The van der Waals surface area contributed by atoms with Gasteiger partial charge in [0.25, 0.3) is 11.8 Å². The molecule has 1 aliphatic rings. The van der Waals surface area contributed by atoms with Crippen molar-refractivity contribution in [2.75, 3.05) is 11.4 Å². The summed E-state index contributed by atoms with van der Waals surface area (Å²) in [5, 5.41) is 0. The first kappa shape index (κ1) is 20.8. The van der Waals surface area contributed by atoms with Gasteiger partial charge in [0, 0.05) is 4.90 Å². The molecule has 8 heteroatoms. The zero-order valence-electron chi connectivity index (χ0n) is 14.8. The molecule has 0 spiro atoms. The van der Waals surface area contributed by atoms with Crippen molar-refractivity contribution in [3.05, 3.63) is 64.4 Å². The monoisotopic (exact) mass is 380 g/mol. The number of sulfonamides is 1. The van der Waals surface area contributed by atoms with Crippen molar-refractivity contribution in [3.63, 3.8) is 0 Å². The van der Waals surface area contributed by atoms with Gasteiger partial charge in [-0.15, -0.1) is 6.54 Å². The summed E-state index contributed by atoms with van der Waals surface area (Å²) in [6.45, 7) is 3.97. The van der Waals surface area contributed by atoms with Gasteiger partial charge in [-0.3, -0.25) is 9.59 Å². The summed E-state index contributed by atoms with van der Waals surface area (Å²) in [6.07, 6.45) is 0. The fourth-order valence-electron chi connectivity index (χ4n) is 2.51. The molecule has 2 amide bonds. The summed E-state index contributed by atoms with van der Waals surface area (Å²) in [7, 11) is -3.74. The van der Waals surface area contributed by atoms with Crippen LogP contribution >= 0.6 is 0 Å². The van der Waals surface area contributed by atoms with E-state index in [2.05, 4.69) is 4.72 Å². The summed E-state index contributed by atoms with van der Waals surface area (Å²) < 4.78 is 28.1. The number of carbonyl (C=O) groups is 2. The van der Waals surface area contributed by atoms with E-state index in [-0.39, 0.29) is 46.9 Å². The molecule has 0 aliphatic carbocycles. The quantitative estimate of drug-likeness (QED) is 0.548. The topological polar surface area (TPSA) is 85.6 Å². The predicted molar refractivity (Wildman–Crippen MR) is 94.3 cm³/mol. The van der Waals surface area contributed by atoms with Gasteiger partial charge in [0.15, 0.2) is 0 Å². The van der Waals surface area contributed by atoms with Gasteiger partial charge in [0.1, 0.15) is 10.0 Å². The van der Waals surface area contributed by atoms with E-state index in [9.17, 15) is 18.0 Å². The first-order valence-corrected chi connectivity index (χ1v) is 9.27. The number of imide groups is 1. The van der Waals surface area contributed by atoms with Gasteiger partial charge in [-0.25, -0.2) is 13.3 Å².